The number of aromatic amines is 1. The second-order valence-electron chi connectivity index (χ2n) is 6.96. The van der Waals surface area contributed by atoms with Crippen molar-refractivity contribution >= 4 is 28.0 Å². The molecule has 1 aromatic heterocycles. The summed E-state index contributed by atoms with van der Waals surface area (Å²) in [6, 6.07) is 13.1. The van der Waals surface area contributed by atoms with E-state index in [2.05, 4.69) is 9.88 Å². The molecule has 0 atom stereocenters. The summed E-state index contributed by atoms with van der Waals surface area (Å²) in [6.45, 7) is 2.79. The van der Waals surface area contributed by atoms with Crippen molar-refractivity contribution in [2.75, 3.05) is 19.6 Å². The molecule has 0 unspecified atom stereocenters. The van der Waals surface area contributed by atoms with Crippen LogP contribution in [-0.2, 0) is 6.42 Å². The highest BCUT2D eigenvalue weighted by atomic mass is 79.9. The molecule has 27 heavy (non-hydrogen) atoms. The molecule has 2 aromatic carbocycles. The first-order chi connectivity index (χ1) is 12.6. The molecule has 0 bridgehead atoms. The van der Waals surface area contributed by atoms with Crippen LogP contribution < -0.4 is 5.69 Å². The van der Waals surface area contributed by atoms with Gasteiger partial charge in [0.1, 0.15) is 0 Å². The number of likely N-dealkylation sites (tertiary alicyclic amines) is 1. The Morgan fingerprint density at radius 2 is 1.78 bits per heavy atom. The van der Waals surface area contributed by atoms with Gasteiger partial charge in [-0.25, -0.2) is 4.79 Å². The maximum Gasteiger partial charge on any atom is 0.326 e. The summed E-state index contributed by atoms with van der Waals surface area (Å²) < 4.78 is 1.91. The van der Waals surface area contributed by atoms with Crippen LogP contribution in [0.25, 0.3) is 11.0 Å². The average molecular weight is 434 g/mol. The van der Waals surface area contributed by atoms with Crippen molar-refractivity contribution in [2.24, 2.45) is 0 Å². The van der Waals surface area contributed by atoms with E-state index in [-0.39, 0.29) is 40.2 Å². The van der Waals surface area contributed by atoms with Gasteiger partial charge in [-0.2, -0.15) is 0 Å². The molecule has 7 heteroatoms. The molecular formula is C20H24BrN3O3. The normalized spacial score (nSPS) is 15.7. The molecule has 0 saturated carbocycles. The minimum atomic E-state index is -0.0845. The van der Waals surface area contributed by atoms with E-state index in [1.807, 2.05) is 34.9 Å². The number of para-hydroxylation sites is 2. The quantitative estimate of drug-likeness (QED) is 0.551. The topological polar surface area (TPSA) is 81.5 Å². The van der Waals surface area contributed by atoms with Crippen LogP contribution in [0.4, 0.5) is 0 Å². The number of phenolic OH excluding ortho intramolecular Hbond substituents is 2. The Labute approximate surface area is 167 Å². The van der Waals surface area contributed by atoms with Crippen molar-refractivity contribution in [2.45, 2.75) is 25.3 Å². The molecular weight excluding hydrogens is 410 g/mol. The monoisotopic (exact) mass is 433 g/mol. The summed E-state index contributed by atoms with van der Waals surface area (Å²) in [4.78, 5) is 17.7. The molecule has 4 rings (SSSR count). The summed E-state index contributed by atoms with van der Waals surface area (Å²) >= 11 is 0. The number of aromatic nitrogens is 2. The standard InChI is InChI=1S/C20H23N3O3.BrH/c24-18-6-5-14(13-19(18)25)7-10-22-11-8-15(9-12-22)23-17-4-2-1-3-16(17)21-20(23)26;/h1-6,13,15,24-25H,7-12H2,(H,21,26);1H. The number of piperidine rings is 1. The van der Waals surface area contributed by atoms with Crippen molar-refractivity contribution in [1.29, 1.82) is 0 Å². The van der Waals surface area contributed by atoms with E-state index in [4.69, 9.17) is 0 Å². The summed E-state index contributed by atoms with van der Waals surface area (Å²) in [5.74, 6) is -0.154. The van der Waals surface area contributed by atoms with Gasteiger partial charge in [-0.1, -0.05) is 18.2 Å². The number of imidazole rings is 1. The highest BCUT2D eigenvalue weighted by molar-refractivity contribution is 8.93. The lowest BCUT2D eigenvalue weighted by molar-refractivity contribution is 0.188. The van der Waals surface area contributed by atoms with Crippen LogP contribution in [0.15, 0.2) is 47.3 Å². The number of nitrogens with zero attached hydrogens (tertiary/aromatic N) is 2. The van der Waals surface area contributed by atoms with Crippen molar-refractivity contribution in [3.05, 3.63) is 58.5 Å². The fraction of sp³-hybridized carbons (Fsp3) is 0.350. The molecule has 2 heterocycles. The third kappa shape index (κ3) is 4.04. The molecule has 1 fully saturated rings. The number of rotatable bonds is 4. The molecule has 144 valence electrons. The second-order valence-corrected chi connectivity index (χ2v) is 6.96. The zero-order valence-corrected chi connectivity index (χ0v) is 16.7. The zero-order valence-electron chi connectivity index (χ0n) is 15.0. The van der Waals surface area contributed by atoms with Gasteiger partial charge in [-0.3, -0.25) is 4.57 Å². The molecule has 3 N–H and O–H groups in total. The van der Waals surface area contributed by atoms with E-state index in [1.54, 1.807) is 6.07 Å². The highest BCUT2D eigenvalue weighted by Crippen LogP contribution is 2.27. The number of H-pyrrole nitrogens is 1. The predicted molar refractivity (Wildman–Crippen MR) is 111 cm³/mol. The van der Waals surface area contributed by atoms with Crippen LogP contribution in [0, 0.1) is 0 Å². The van der Waals surface area contributed by atoms with Crippen LogP contribution in [-0.4, -0.2) is 44.3 Å². The Hall–Kier alpha value is -2.25. The molecule has 3 aromatic rings. The van der Waals surface area contributed by atoms with E-state index in [0.29, 0.717) is 0 Å². The van der Waals surface area contributed by atoms with Crippen molar-refractivity contribution in [1.82, 2.24) is 14.5 Å². The number of aromatic hydroxyl groups is 2. The lowest BCUT2D eigenvalue weighted by Gasteiger charge is -2.32. The summed E-state index contributed by atoms with van der Waals surface area (Å²) in [7, 11) is 0. The van der Waals surface area contributed by atoms with Gasteiger partial charge in [0.05, 0.1) is 11.0 Å². The molecule has 1 aliphatic heterocycles. The molecule has 1 aliphatic rings. The highest BCUT2D eigenvalue weighted by Gasteiger charge is 2.23. The smallest absolute Gasteiger partial charge is 0.326 e. The van der Waals surface area contributed by atoms with E-state index in [1.165, 1.54) is 6.07 Å². The lowest BCUT2D eigenvalue weighted by Crippen LogP contribution is -2.37. The van der Waals surface area contributed by atoms with Gasteiger partial charge in [-0.05, 0) is 49.1 Å². The molecule has 0 spiro atoms. The third-order valence-electron chi connectivity index (χ3n) is 5.30. The van der Waals surface area contributed by atoms with Crippen LogP contribution in [0.3, 0.4) is 0 Å². The van der Waals surface area contributed by atoms with Gasteiger partial charge >= 0.3 is 5.69 Å². The number of phenols is 2. The van der Waals surface area contributed by atoms with E-state index in [9.17, 15) is 15.0 Å². The Morgan fingerprint density at radius 1 is 1.04 bits per heavy atom. The fourth-order valence-electron chi connectivity index (χ4n) is 3.85. The van der Waals surface area contributed by atoms with Crippen LogP contribution >= 0.6 is 17.0 Å². The van der Waals surface area contributed by atoms with E-state index in [0.717, 1.165) is 55.5 Å². The first kappa shape index (κ1) is 19.5. The Bertz CT molecular complexity index is 974. The zero-order chi connectivity index (χ0) is 18.1. The minimum Gasteiger partial charge on any atom is -0.504 e. The number of hydrogen-bond donors (Lipinski definition) is 3. The van der Waals surface area contributed by atoms with E-state index >= 15 is 0 Å². The van der Waals surface area contributed by atoms with Gasteiger partial charge in [-0.15, -0.1) is 17.0 Å². The molecule has 0 aliphatic carbocycles. The van der Waals surface area contributed by atoms with Crippen LogP contribution in [0.5, 0.6) is 11.5 Å². The van der Waals surface area contributed by atoms with Crippen LogP contribution in [0.1, 0.15) is 24.4 Å². The molecule has 6 nitrogen and oxygen atoms in total. The Morgan fingerprint density at radius 3 is 2.52 bits per heavy atom. The molecule has 1 saturated heterocycles. The number of fused-ring (bicyclic) bond motifs is 1. The Balaban J connectivity index is 0.00000210. The van der Waals surface area contributed by atoms with Gasteiger partial charge in [0.25, 0.3) is 0 Å². The largest absolute Gasteiger partial charge is 0.504 e. The average Bonchev–Trinajstić information content (AvgIpc) is 2.99. The molecule has 0 radical (unpaired) electrons. The molecule has 0 amide bonds. The van der Waals surface area contributed by atoms with Gasteiger partial charge in [0, 0.05) is 25.7 Å². The van der Waals surface area contributed by atoms with Gasteiger partial charge in [0.15, 0.2) is 11.5 Å². The summed E-state index contributed by atoms with van der Waals surface area (Å²) in [6.07, 6.45) is 2.72. The Kier molecular flexibility index (Phi) is 5.92. The number of nitrogens with one attached hydrogen (secondary N) is 1. The van der Waals surface area contributed by atoms with Crippen LogP contribution in [0.2, 0.25) is 0 Å². The second kappa shape index (κ2) is 8.19. The predicted octanol–water partition coefficient (Wildman–Crippen LogP) is 3.20. The summed E-state index contributed by atoms with van der Waals surface area (Å²) in [5, 5.41) is 19.0. The SMILES string of the molecule is Br.O=c1[nH]c2ccccc2n1C1CCN(CCc2ccc(O)c(O)c2)CC1. The first-order valence-electron chi connectivity index (χ1n) is 9.04. The first-order valence-corrected chi connectivity index (χ1v) is 9.04. The number of benzene rings is 2. The van der Waals surface area contributed by atoms with Crippen molar-refractivity contribution in [3.63, 3.8) is 0 Å². The number of halogens is 1. The van der Waals surface area contributed by atoms with Crippen molar-refractivity contribution < 1.29 is 10.2 Å². The van der Waals surface area contributed by atoms with Gasteiger partial charge < -0.3 is 20.1 Å². The maximum absolute atomic E-state index is 12.3. The van der Waals surface area contributed by atoms with Gasteiger partial charge in [0.2, 0.25) is 0 Å². The minimum absolute atomic E-state index is 0. The lowest BCUT2D eigenvalue weighted by atomic mass is 10.0. The number of hydrogen-bond acceptors (Lipinski definition) is 4. The maximum atomic E-state index is 12.3. The third-order valence-corrected chi connectivity index (χ3v) is 5.30. The van der Waals surface area contributed by atoms with E-state index < -0.39 is 0 Å². The summed E-state index contributed by atoms with van der Waals surface area (Å²) in [5.41, 5.74) is 2.86. The fourth-order valence-corrected chi connectivity index (χ4v) is 3.85. The van der Waals surface area contributed by atoms with Crippen molar-refractivity contribution in [3.8, 4) is 11.5 Å².